The van der Waals surface area contributed by atoms with E-state index in [2.05, 4.69) is 29.1 Å². The second-order valence-corrected chi connectivity index (χ2v) is 5.26. The molecular weight excluding hydrogens is 244 g/mol. The molecule has 0 radical (unpaired) electrons. The van der Waals surface area contributed by atoms with Gasteiger partial charge in [0.15, 0.2) is 5.82 Å². The lowest BCUT2D eigenvalue weighted by atomic mass is 10.2. The highest BCUT2D eigenvalue weighted by Crippen LogP contribution is 2.20. The summed E-state index contributed by atoms with van der Waals surface area (Å²) >= 11 is 7.88. The van der Waals surface area contributed by atoms with Crippen molar-refractivity contribution in [3.63, 3.8) is 0 Å². The van der Waals surface area contributed by atoms with Crippen LogP contribution < -0.4 is 11.1 Å². The Hall–Kier alpha value is -0.680. The van der Waals surface area contributed by atoms with E-state index in [1.165, 1.54) is 6.20 Å². The highest BCUT2D eigenvalue weighted by molar-refractivity contribution is 7.99. The number of halogens is 1. The maximum Gasteiger partial charge on any atom is 0.222 e. The van der Waals surface area contributed by atoms with E-state index >= 15 is 0 Å². The molecule has 0 aliphatic rings. The van der Waals surface area contributed by atoms with Gasteiger partial charge in [-0.05, 0) is 24.9 Å². The van der Waals surface area contributed by atoms with Crippen molar-refractivity contribution >= 4 is 35.1 Å². The van der Waals surface area contributed by atoms with Crippen LogP contribution in [0.1, 0.15) is 20.3 Å². The molecule has 1 aromatic rings. The first-order valence-corrected chi connectivity index (χ1v) is 6.79. The first-order chi connectivity index (χ1) is 7.63. The molecule has 0 bridgehead atoms. The van der Waals surface area contributed by atoms with Gasteiger partial charge in [0.1, 0.15) is 5.02 Å². The lowest BCUT2D eigenvalue weighted by Crippen LogP contribution is -2.17. The summed E-state index contributed by atoms with van der Waals surface area (Å²) in [5, 5.41) is 3.74. The third-order valence-electron chi connectivity index (χ3n) is 2.05. The van der Waals surface area contributed by atoms with Crippen LogP contribution in [0.25, 0.3) is 0 Å². The second kappa shape index (κ2) is 6.81. The number of thioether (sulfide) groups is 1. The van der Waals surface area contributed by atoms with E-state index in [1.54, 1.807) is 0 Å². The van der Waals surface area contributed by atoms with Crippen LogP contribution in [-0.4, -0.2) is 27.5 Å². The molecule has 0 saturated heterocycles. The van der Waals surface area contributed by atoms with E-state index in [1.807, 2.05) is 11.8 Å². The summed E-state index contributed by atoms with van der Waals surface area (Å²) in [5.41, 5.74) is 5.50. The van der Waals surface area contributed by atoms with Crippen molar-refractivity contribution in [1.82, 2.24) is 9.97 Å². The van der Waals surface area contributed by atoms with Crippen LogP contribution in [0.5, 0.6) is 0 Å². The molecule has 16 heavy (non-hydrogen) atoms. The molecule has 1 rings (SSSR count). The zero-order chi connectivity index (χ0) is 12.0. The summed E-state index contributed by atoms with van der Waals surface area (Å²) in [6.07, 6.45) is 2.58. The Morgan fingerprint density at radius 1 is 1.62 bits per heavy atom. The predicted octanol–water partition coefficient (Wildman–Crippen LogP) is 2.66. The molecule has 0 amide bonds. The van der Waals surface area contributed by atoms with Crippen molar-refractivity contribution < 1.29 is 0 Å². The SMILES string of the molecule is CCSCCC(C)Nc1nc(N)ncc1Cl. The van der Waals surface area contributed by atoms with Crippen molar-refractivity contribution in [2.75, 3.05) is 22.6 Å². The summed E-state index contributed by atoms with van der Waals surface area (Å²) < 4.78 is 0. The lowest BCUT2D eigenvalue weighted by molar-refractivity contribution is 0.766. The average Bonchev–Trinajstić information content (AvgIpc) is 2.24. The average molecular weight is 261 g/mol. The van der Waals surface area contributed by atoms with Gasteiger partial charge in [-0.1, -0.05) is 18.5 Å². The number of rotatable bonds is 6. The number of nitrogen functional groups attached to an aromatic ring is 1. The minimum Gasteiger partial charge on any atom is -0.368 e. The van der Waals surface area contributed by atoms with Gasteiger partial charge in [0.25, 0.3) is 0 Å². The molecule has 6 heteroatoms. The first kappa shape index (κ1) is 13.4. The number of hydrogen-bond donors (Lipinski definition) is 2. The second-order valence-electron chi connectivity index (χ2n) is 3.46. The summed E-state index contributed by atoms with van der Waals surface area (Å²) in [6, 6.07) is 0.325. The number of hydrogen-bond acceptors (Lipinski definition) is 5. The topological polar surface area (TPSA) is 63.8 Å². The van der Waals surface area contributed by atoms with Gasteiger partial charge in [0, 0.05) is 6.04 Å². The summed E-state index contributed by atoms with van der Waals surface area (Å²) in [4.78, 5) is 7.87. The fourth-order valence-corrected chi connectivity index (χ4v) is 2.15. The van der Waals surface area contributed by atoms with Crippen LogP contribution >= 0.6 is 23.4 Å². The van der Waals surface area contributed by atoms with Gasteiger partial charge >= 0.3 is 0 Å². The molecule has 0 aromatic carbocycles. The molecule has 1 unspecified atom stereocenters. The quantitative estimate of drug-likeness (QED) is 0.770. The van der Waals surface area contributed by atoms with E-state index < -0.39 is 0 Å². The van der Waals surface area contributed by atoms with Gasteiger partial charge in [-0.15, -0.1) is 0 Å². The van der Waals surface area contributed by atoms with E-state index in [-0.39, 0.29) is 5.95 Å². The molecular formula is C10H17ClN4S. The van der Waals surface area contributed by atoms with Crippen LogP contribution in [-0.2, 0) is 0 Å². The van der Waals surface area contributed by atoms with Crippen molar-refractivity contribution in [2.24, 2.45) is 0 Å². The number of nitrogens with one attached hydrogen (secondary N) is 1. The van der Waals surface area contributed by atoms with Crippen molar-refractivity contribution in [3.8, 4) is 0 Å². The monoisotopic (exact) mass is 260 g/mol. The smallest absolute Gasteiger partial charge is 0.222 e. The fraction of sp³-hybridized carbons (Fsp3) is 0.600. The van der Waals surface area contributed by atoms with E-state index in [9.17, 15) is 0 Å². The van der Waals surface area contributed by atoms with Gasteiger partial charge in [0.2, 0.25) is 5.95 Å². The third-order valence-corrected chi connectivity index (χ3v) is 3.25. The number of aromatic nitrogens is 2. The van der Waals surface area contributed by atoms with E-state index in [0.29, 0.717) is 16.9 Å². The summed E-state index contributed by atoms with van der Waals surface area (Å²) in [6.45, 7) is 4.26. The van der Waals surface area contributed by atoms with Gasteiger partial charge in [-0.3, -0.25) is 0 Å². The highest BCUT2D eigenvalue weighted by Gasteiger charge is 2.07. The molecule has 0 saturated carbocycles. The Balaban J connectivity index is 2.48. The Labute approximate surface area is 105 Å². The van der Waals surface area contributed by atoms with Crippen molar-refractivity contribution in [1.29, 1.82) is 0 Å². The van der Waals surface area contributed by atoms with Crippen molar-refractivity contribution in [2.45, 2.75) is 26.3 Å². The largest absolute Gasteiger partial charge is 0.368 e. The third kappa shape index (κ3) is 4.45. The summed E-state index contributed by atoms with van der Waals surface area (Å²) in [5.74, 6) is 3.13. The van der Waals surface area contributed by atoms with Gasteiger partial charge in [-0.2, -0.15) is 16.7 Å². The molecule has 0 spiro atoms. The molecule has 1 atom stereocenters. The molecule has 1 aromatic heterocycles. The van der Waals surface area contributed by atoms with Crippen LogP contribution in [0.4, 0.5) is 11.8 Å². The molecule has 0 aliphatic heterocycles. The highest BCUT2D eigenvalue weighted by atomic mass is 35.5. The molecule has 90 valence electrons. The van der Waals surface area contributed by atoms with E-state index in [4.69, 9.17) is 17.3 Å². The number of nitrogens with two attached hydrogens (primary N) is 1. The van der Waals surface area contributed by atoms with Crippen molar-refractivity contribution in [3.05, 3.63) is 11.2 Å². The minimum atomic E-state index is 0.238. The van der Waals surface area contributed by atoms with Gasteiger partial charge in [0.05, 0.1) is 6.20 Å². The Bertz CT molecular complexity index is 335. The zero-order valence-electron chi connectivity index (χ0n) is 9.53. The zero-order valence-corrected chi connectivity index (χ0v) is 11.1. The predicted molar refractivity (Wildman–Crippen MR) is 72.2 cm³/mol. The summed E-state index contributed by atoms with van der Waals surface area (Å²) in [7, 11) is 0. The van der Waals surface area contributed by atoms with E-state index in [0.717, 1.165) is 17.9 Å². The number of nitrogens with zero attached hydrogens (tertiary/aromatic N) is 2. The molecule has 3 N–H and O–H groups in total. The Morgan fingerprint density at radius 2 is 2.38 bits per heavy atom. The minimum absolute atomic E-state index is 0.238. The molecule has 0 fully saturated rings. The standard InChI is InChI=1S/C10H17ClN4S/c1-3-16-5-4-7(2)14-9-8(11)6-13-10(12)15-9/h6-7H,3-5H2,1-2H3,(H3,12,13,14,15). The maximum absolute atomic E-state index is 5.95. The van der Waals surface area contributed by atoms with Gasteiger partial charge in [-0.25, -0.2) is 4.98 Å². The number of anilines is 2. The first-order valence-electron chi connectivity index (χ1n) is 5.25. The van der Waals surface area contributed by atoms with Crippen LogP contribution in [0.15, 0.2) is 6.20 Å². The van der Waals surface area contributed by atoms with Crippen LogP contribution in [0.3, 0.4) is 0 Å². The Morgan fingerprint density at radius 3 is 3.06 bits per heavy atom. The normalized spacial score (nSPS) is 12.4. The fourth-order valence-electron chi connectivity index (χ4n) is 1.19. The van der Waals surface area contributed by atoms with Crippen LogP contribution in [0, 0.1) is 0 Å². The van der Waals surface area contributed by atoms with Gasteiger partial charge < -0.3 is 11.1 Å². The molecule has 0 aliphatic carbocycles. The molecule has 1 heterocycles. The maximum atomic E-state index is 5.95. The molecule has 4 nitrogen and oxygen atoms in total. The lowest BCUT2D eigenvalue weighted by Gasteiger charge is -2.14. The Kier molecular flexibility index (Phi) is 5.69. The van der Waals surface area contributed by atoms with Crippen LogP contribution in [0.2, 0.25) is 5.02 Å².